The van der Waals surface area contributed by atoms with E-state index in [1.165, 1.54) is 31.4 Å². The minimum Gasteiger partial charge on any atom is -0.496 e. The number of aromatic amines is 1. The molecule has 2 atom stereocenters. The third-order valence-corrected chi connectivity index (χ3v) is 8.07. The first-order valence-corrected chi connectivity index (χ1v) is 14.6. The number of carbonyl (C=O) groups excluding carboxylic acids is 2. The van der Waals surface area contributed by atoms with Gasteiger partial charge < -0.3 is 15.4 Å². The lowest BCUT2D eigenvalue weighted by atomic mass is 9.95. The van der Waals surface area contributed by atoms with Crippen LogP contribution < -0.4 is 15.4 Å². The smallest absolute Gasteiger partial charge is 0.251 e. The predicted octanol–water partition coefficient (Wildman–Crippen LogP) is 5.62. The Hall–Kier alpha value is -5.16. The van der Waals surface area contributed by atoms with Crippen molar-refractivity contribution in [3.63, 3.8) is 0 Å². The fourth-order valence-electron chi connectivity index (χ4n) is 5.85. The standard InChI is InChI=1S/C34H32F2N6O3/c1-20-15-21(13-14-37-20)32-26-16-22(9-11-29(26)40-41-32)33(43)39-25-10-12-30(34(44)38-24-6-3-5-23(35)17-24)42(18-25)19-27-28(36)7-4-8-31(27)45-2/h3-9,11,13-17,25,30H,10,12,18-19H2,1-2H3,(H,38,44)(H,39,43)(H,40,41)/t25-,30+/m1/s1. The molecule has 1 fully saturated rings. The highest BCUT2D eigenvalue weighted by Gasteiger charge is 2.35. The number of hydrogen-bond donors (Lipinski definition) is 3. The van der Waals surface area contributed by atoms with Gasteiger partial charge in [-0.05, 0) is 80.4 Å². The van der Waals surface area contributed by atoms with Gasteiger partial charge >= 0.3 is 0 Å². The molecule has 6 rings (SSSR count). The van der Waals surface area contributed by atoms with Gasteiger partial charge in [-0.3, -0.25) is 24.6 Å². The monoisotopic (exact) mass is 610 g/mol. The summed E-state index contributed by atoms with van der Waals surface area (Å²) in [6.45, 7) is 2.25. The molecular weight excluding hydrogens is 578 g/mol. The van der Waals surface area contributed by atoms with Gasteiger partial charge in [0.1, 0.15) is 23.1 Å². The van der Waals surface area contributed by atoms with Crippen LogP contribution >= 0.6 is 0 Å². The number of halogens is 2. The van der Waals surface area contributed by atoms with Crippen molar-refractivity contribution in [2.24, 2.45) is 0 Å². The van der Waals surface area contributed by atoms with Crippen LogP contribution in [0.4, 0.5) is 14.5 Å². The maximum atomic E-state index is 15.0. The van der Waals surface area contributed by atoms with Gasteiger partial charge in [-0.1, -0.05) is 12.1 Å². The molecule has 0 bridgehead atoms. The van der Waals surface area contributed by atoms with Gasteiger partial charge in [-0.15, -0.1) is 0 Å². The van der Waals surface area contributed by atoms with Crippen LogP contribution in [-0.4, -0.2) is 57.6 Å². The van der Waals surface area contributed by atoms with Crippen molar-refractivity contribution >= 4 is 28.4 Å². The Morgan fingerprint density at radius 2 is 1.89 bits per heavy atom. The number of aryl methyl sites for hydroxylation is 1. The minimum atomic E-state index is -0.653. The first-order chi connectivity index (χ1) is 21.8. The van der Waals surface area contributed by atoms with Crippen LogP contribution in [0.3, 0.4) is 0 Å². The van der Waals surface area contributed by atoms with E-state index < -0.39 is 17.7 Å². The Bertz CT molecular complexity index is 1880. The second-order valence-corrected chi connectivity index (χ2v) is 11.1. The third-order valence-electron chi connectivity index (χ3n) is 8.07. The van der Waals surface area contributed by atoms with Gasteiger partial charge in [0.25, 0.3) is 5.91 Å². The maximum Gasteiger partial charge on any atom is 0.251 e. The van der Waals surface area contributed by atoms with E-state index >= 15 is 0 Å². The number of nitrogens with one attached hydrogen (secondary N) is 3. The number of fused-ring (bicyclic) bond motifs is 1. The van der Waals surface area contributed by atoms with E-state index in [0.29, 0.717) is 35.4 Å². The zero-order valence-electron chi connectivity index (χ0n) is 24.8. The highest BCUT2D eigenvalue weighted by molar-refractivity contribution is 6.01. The molecule has 9 nitrogen and oxygen atoms in total. The summed E-state index contributed by atoms with van der Waals surface area (Å²) in [4.78, 5) is 33.0. The number of anilines is 1. The molecule has 2 amide bonds. The van der Waals surface area contributed by atoms with Crippen molar-refractivity contribution < 1.29 is 23.1 Å². The summed E-state index contributed by atoms with van der Waals surface area (Å²) in [5.41, 5.74) is 4.36. The van der Waals surface area contributed by atoms with E-state index in [9.17, 15) is 18.4 Å². The lowest BCUT2D eigenvalue weighted by Gasteiger charge is -2.39. The van der Waals surface area contributed by atoms with Crippen LogP contribution in [0.25, 0.3) is 22.2 Å². The second kappa shape index (κ2) is 12.8. The molecule has 3 aromatic carbocycles. The Kier molecular flexibility index (Phi) is 8.52. The molecule has 3 N–H and O–H groups in total. The van der Waals surface area contributed by atoms with E-state index in [-0.39, 0.29) is 30.9 Å². The number of carbonyl (C=O) groups is 2. The fourth-order valence-corrected chi connectivity index (χ4v) is 5.85. The number of piperidine rings is 1. The van der Waals surface area contributed by atoms with E-state index in [1.807, 2.05) is 30.0 Å². The van der Waals surface area contributed by atoms with E-state index in [2.05, 4.69) is 25.8 Å². The fraction of sp³-hybridized carbons (Fsp3) is 0.235. The number of benzene rings is 3. The summed E-state index contributed by atoms with van der Waals surface area (Å²) in [5, 5.41) is 14.2. The summed E-state index contributed by atoms with van der Waals surface area (Å²) in [6, 6.07) is 18.4. The van der Waals surface area contributed by atoms with Crippen molar-refractivity contribution in [2.75, 3.05) is 19.0 Å². The average molecular weight is 611 g/mol. The molecule has 1 saturated heterocycles. The van der Waals surface area contributed by atoms with Gasteiger partial charge in [0.2, 0.25) is 5.91 Å². The van der Waals surface area contributed by atoms with Gasteiger partial charge in [-0.25, -0.2) is 8.78 Å². The molecule has 0 spiro atoms. The molecule has 5 aromatic rings. The molecule has 1 aliphatic rings. The van der Waals surface area contributed by atoms with E-state index in [1.54, 1.807) is 36.5 Å². The second-order valence-electron chi connectivity index (χ2n) is 11.1. The molecule has 0 aliphatic carbocycles. The highest BCUT2D eigenvalue weighted by atomic mass is 19.1. The third kappa shape index (κ3) is 6.53. The van der Waals surface area contributed by atoms with Crippen molar-refractivity contribution in [3.05, 3.63) is 107 Å². The number of nitrogens with zero attached hydrogens (tertiary/aromatic N) is 3. The van der Waals surface area contributed by atoms with Crippen LogP contribution in [0.1, 0.15) is 34.5 Å². The zero-order valence-corrected chi connectivity index (χ0v) is 24.8. The molecule has 0 radical (unpaired) electrons. The molecule has 1 aliphatic heterocycles. The summed E-state index contributed by atoms with van der Waals surface area (Å²) in [5.74, 6) is -1.18. The topological polar surface area (TPSA) is 112 Å². The number of amides is 2. The SMILES string of the molecule is COc1cccc(F)c1CN1C[C@H](NC(=O)c2ccc3[nH]nc(-c4ccnc(C)c4)c3c2)CC[C@H]1C(=O)Nc1cccc(F)c1. The molecule has 3 heterocycles. The number of aromatic nitrogens is 3. The van der Waals surface area contributed by atoms with Gasteiger partial charge in [-0.2, -0.15) is 5.10 Å². The highest BCUT2D eigenvalue weighted by Crippen LogP contribution is 2.29. The molecule has 11 heteroatoms. The first kappa shape index (κ1) is 29.9. The molecule has 0 unspecified atom stereocenters. The largest absolute Gasteiger partial charge is 0.496 e. The summed E-state index contributed by atoms with van der Waals surface area (Å²) < 4.78 is 34.2. The Morgan fingerprint density at radius 3 is 2.69 bits per heavy atom. The lowest BCUT2D eigenvalue weighted by molar-refractivity contribution is -0.123. The van der Waals surface area contributed by atoms with Crippen molar-refractivity contribution in [1.82, 2.24) is 25.4 Å². The maximum absolute atomic E-state index is 15.0. The average Bonchev–Trinajstić information content (AvgIpc) is 3.45. The van der Waals surface area contributed by atoms with Crippen LogP contribution in [0.5, 0.6) is 5.75 Å². The summed E-state index contributed by atoms with van der Waals surface area (Å²) >= 11 is 0. The molecule has 0 saturated carbocycles. The van der Waals surface area contributed by atoms with Gasteiger partial charge in [0.15, 0.2) is 0 Å². The van der Waals surface area contributed by atoms with Crippen LogP contribution in [0, 0.1) is 18.6 Å². The van der Waals surface area contributed by atoms with Gasteiger partial charge in [0, 0.05) is 58.8 Å². The normalized spacial score (nSPS) is 16.8. The number of rotatable bonds is 8. The van der Waals surface area contributed by atoms with Crippen molar-refractivity contribution in [1.29, 1.82) is 0 Å². The van der Waals surface area contributed by atoms with E-state index in [0.717, 1.165) is 27.9 Å². The summed E-state index contributed by atoms with van der Waals surface area (Å²) in [7, 11) is 1.46. The number of H-pyrrole nitrogens is 1. The number of methoxy groups -OCH3 is 1. The Labute approximate surface area is 258 Å². The number of ether oxygens (including phenoxy) is 1. The first-order valence-electron chi connectivity index (χ1n) is 14.6. The number of hydrogen-bond acceptors (Lipinski definition) is 6. The Morgan fingerprint density at radius 1 is 1.04 bits per heavy atom. The van der Waals surface area contributed by atoms with Crippen molar-refractivity contribution in [2.45, 2.75) is 38.4 Å². The molecule has 45 heavy (non-hydrogen) atoms. The minimum absolute atomic E-state index is 0.0686. The molecule has 230 valence electrons. The quantitative estimate of drug-likeness (QED) is 0.210. The van der Waals surface area contributed by atoms with Crippen LogP contribution in [0.15, 0.2) is 79.0 Å². The number of pyridine rings is 1. The molecular formula is C34H32F2N6O3. The zero-order chi connectivity index (χ0) is 31.5. The Balaban J connectivity index is 1.23. The lowest BCUT2D eigenvalue weighted by Crippen LogP contribution is -2.55. The summed E-state index contributed by atoms with van der Waals surface area (Å²) in [6.07, 6.45) is 2.61. The van der Waals surface area contributed by atoms with Crippen LogP contribution in [-0.2, 0) is 11.3 Å². The molecule has 2 aromatic heterocycles. The predicted molar refractivity (Wildman–Crippen MR) is 167 cm³/mol. The van der Waals surface area contributed by atoms with E-state index in [4.69, 9.17) is 4.74 Å². The van der Waals surface area contributed by atoms with Crippen LogP contribution in [0.2, 0.25) is 0 Å². The number of likely N-dealkylation sites (tertiary alicyclic amines) is 1. The van der Waals surface area contributed by atoms with Crippen molar-refractivity contribution in [3.8, 4) is 17.0 Å². The van der Waals surface area contributed by atoms with Gasteiger partial charge in [0.05, 0.1) is 18.7 Å².